The van der Waals surface area contributed by atoms with Crippen LogP contribution in [0, 0.1) is 0 Å². The number of carbonyl (C=O) groups is 1. The summed E-state index contributed by atoms with van der Waals surface area (Å²) < 4.78 is 13.5. The maximum atomic E-state index is 12.4. The van der Waals surface area contributed by atoms with Gasteiger partial charge in [-0.3, -0.25) is 14.9 Å². The molecule has 9 heteroatoms. The zero-order chi connectivity index (χ0) is 15.6. The summed E-state index contributed by atoms with van der Waals surface area (Å²) in [7, 11) is 0. The Kier molecular flexibility index (Phi) is 5.48. The molecule has 1 amide bonds. The van der Waals surface area contributed by atoms with Crippen LogP contribution in [0.2, 0.25) is 5.02 Å². The minimum atomic E-state index is -0.709. The van der Waals surface area contributed by atoms with E-state index in [2.05, 4.69) is 10.6 Å². The van der Waals surface area contributed by atoms with E-state index in [9.17, 15) is 14.0 Å². The Bertz CT molecular complexity index is 586. The highest BCUT2D eigenvalue weighted by molar-refractivity contribution is 6.31. The summed E-state index contributed by atoms with van der Waals surface area (Å²) >= 11 is 17.6. The van der Waals surface area contributed by atoms with Gasteiger partial charge in [-0.05, 0) is 12.5 Å². The second kappa shape index (κ2) is 6.96. The summed E-state index contributed by atoms with van der Waals surface area (Å²) in [6.07, 6.45) is 1.73. The number of rotatable bonds is 4. The fraction of sp³-hybridized carbons (Fsp3) is 0.500. The van der Waals surface area contributed by atoms with E-state index in [0.717, 1.165) is 4.57 Å². The van der Waals surface area contributed by atoms with Crippen molar-refractivity contribution < 1.29 is 9.18 Å². The summed E-state index contributed by atoms with van der Waals surface area (Å²) in [6.45, 7) is -0.836. The lowest BCUT2D eigenvalue weighted by Gasteiger charge is -2.13. The lowest BCUT2D eigenvalue weighted by atomic mass is 10.2. The van der Waals surface area contributed by atoms with Crippen molar-refractivity contribution in [2.24, 2.45) is 0 Å². The van der Waals surface area contributed by atoms with E-state index in [1.807, 2.05) is 0 Å². The summed E-state index contributed by atoms with van der Waals surface area (Å²) in [4.78, 5) is 23.7. The van der Waals surface area contributed by atoms with E-state index in [1.54, 1.807) is 0 Å². The van der Waals surface area contributed by atoms with Crippen molar-refractivity contribution in [1.29, 1.82) is 0 Å². The van der Waals surface area contributed by atoms with Gasteiger partial charge >= 0.3 is 0 Å². The molecule has 0 aromatic carbocycles. The number of nitrogens with zero attached hydrogens (tertiary/aromatic N) is 1. The Balaban J connectivity index is 2.12. The minimum Gasteiger partial charge on any atom is -0.323 e. The van der Waals surface area contributed by atoms with Crippen molar-refractivity contribution in [1.82, 2.24) is 9.88 Å². The van der Waals surface area contributed by atoms with Gasteiger partial charge in [0.05, 0.1) is 29.2 Å². The second-order valence-electron chi connectivity index (χ2n) is 4.63. The van der Waals surface area contributed by atoms with Gasteiger partial charge in [0, 0.05) is 6.20 Å². The molecule has 3 unspecified atom stereocenters. The molecule has 0 radical (unpaired) electrons. The second-order valence-corrected chi connectivity index (χ2v) is 6.06. The van der Waals surface area contributed by atoms with Gasteiger partial charge in [0.1, 0.15) is 11.7 Å². The lowest BCUT2D eigenvalue weighted by Crippen LogP contribution is -2.38. The van der Waals surface area contributed by atoms with Crippen molar-refractivity contribution in [2.45, 2.75) is 29.9 Å². The normalized spacial score (nSPS) is 25.0. The molecule has 1 aliphatic rings. The van der Waals surface area contributed by atoms with Crippen LogP contribution in [0.3, 0.4) is 0 Å². The van der Waals surface area contributed by atoms with Crippen LogP contribution in [-0.4, -0.2) is 34.1 Å². The molecule has 1 fully saturated rings. The molecule has 0 saturated carbocycles. The van der Waals surface area contributed by atoms with E-state index in [4.69, 9.17) is 34.8 Å². The van der Waals surface area contributed by atoms with Crippen molar-refractivity contribution in [3.63, 3.8) is 0 Å². The van der Waals surface area contributed by atoms with E-state index in [-0.39, 0.29) is 22.9 Å². The predicted octanol–water partition coefficient (Wildman–Crippen LogP) is 1.94. The Labute approximate surface area is 135 Å². The highest BCUT2D eigenvalue weighted by atomic mass is 35.5. The first-order valence-corrected chi connectivity index (χ1v) is 7.48. The number of hydrogen-bond donors (Lipinski definition) is 2. The van der Waals surface area contributed by atoms with Gasteiger partial charge in [0.2, 0.25) is 5.91 Å². The number of aromatic nitrogens is 1. The Hall–Kier alpha value is -0.820. The van der Waals surface area contributed by atoms with Gasteiger partial charge in [-0.2, -0.15) is 0 Å². The first-order valence-electron chi connectivity index (χ1n) is 6.23. The fourth-order valence-electron chi connectivity index (χ4n) is 2.05. The summed E-state index contributed by atoms with van der Waals surface area (Å²) in [6, 6.07) is 0.789. The van der Waals surface area contributed by atoms with Crippen LogP contribution in [0.5, 0.6) is 0 Å². The Morgan fingerprint density at radius 1 is 1.52 bits per heavy atom. The molecular weight excluding hydrogens is 344 g/mol. The molecule has 1 saturated heterocycles. The number of alkyl halides is 3. The molecule has 1 aromatic rings. The number of nitrogens with one attached hydrogen (secondary N) is 2. The maximum absolute atomic E-state index is 12.4. The summed E-state index contributed by atoms with van der Waals surface area (Å²) in [5.41, 5.74) is -0.677. The molecule has 1 aromatic heterocycles. The number of aryl methyl sites for hydroxylation is 1. The monoisotopic (exact) mass is 355 g/mol. The molecule has 2 rings (SSSR count). The number of carbonyl (C=O) groups excluding carboxylic acids is 1. The van der Waals surface area contributed by atoms with Gasteiger partial charge in [0.25, 0.3) is 5.56 Å². The van der Waals surface area contributed by atoms with Crippen molar-refractivity contribution >= 4 is 46.4 Å². The summed E-state index contributed by atoms with van der Waals surface area (Å²) in [5.74, 6) is -0.342. The first kappa shape index (κ1) is 16.5. The van der Waals surface area contributed by atoms with E-state index < -0.39 is 23.8 Å². The van der Waals surface area contributed by atoms with Gasteiger partial charge in [0.15, 0.2) is 0 Å². The zero-order valence-corrected chi connectivity index (χ0v) is 13.1. The van der Waals surface area contributed by atoms with Crippen LogP contribution in [-0.2, 0) is 11.3 Å². The molecule has 2 heterocycles. The molecule has 0 bridgehead atoms. The average Bonchev–Trinajstić information content (AvgIpc) is 2.76. The molecule has 0 spiro atoms. The lowest BCUT2D eigenvalue weighted by molar-refractivity contribution is -0.117. The van der Waals surface area contributed by atoms with Crippen LogP contribution >= 0.6 is 34.8 Å². The molecular formula is C12H13Cl3FN3O2. The molecule has 1 aliphatic heterocycles. The van der Waals surface area contributed by atoms with Crippen molar-refractivity contribution in [2.75, 3.05) is 12.0 Å². The Morgan fingerprint density at radius 3 is 2.81 bits per heavy atom. The maximum Gasteiger partial charge on any atom is 0.269 e. The van der Waals surface area contributed by atoms with Gasteiger partial charge in [-0.25, -0.2) is 4.39 Å². The minimum absolute atomic E-state index is 0.0916. The van der Waals surface area contributed by atoms with Crippen LogP contribution in [0.25, 0.3) is 0 Å². The third-order valence-corrected chi connectivity index (χ3v) is 4.35. The molecule has 0 aliphatic carbocycles. The molecule has 2 N–H and O–H groups in total. The van der Waals surface area contributed by atoms with Crippen molar-refractivity contribution in [3.8, 4) is 0 Å². The third-order valence-electron chi connectivity index (χ3n) is 3.09. The van der Waals surface area contributed by atoms with Crippen LogP contribution in [0.15, 0.2) is 17.1 Å². The van der Waals surface area contributed by atoms with E-state index >= 15 is 0 Å². The Morgan fingerprint density at radius 2 is 2.24 bits per heavy atom. The van der Waals surface area contributed by atoms with Gasteiger partial charge in [-0.1, -0.05) is 11.6 Å². The first-order chi connectivity index (χ1) is 9.92. The quantitative estimate of drug-likeness (QED) is 0.640. The fourth-order valence-corrected chi connectivity index (χ4v) is 2.78. The number of halogens is 4. The standard InChI is InChI=1S/C12H13Cl3FN3O2/c13-7-4-9(18-10(7)15)11(20)17-6-3-8(14)12(21)19(5-6)2-1-16/h3,5,7,9-10,18H,1-2,4H2,(H,17,20). The largest absolute Gasteiger partial charge is 0.323 e. The molecule has 3 atom stereocenters. The smallest absolute Gasteiger partial charge is 0.269 e. The van der Waals surface area contributed by atoms with E-state index in [0.29, 0.717) is 12.1 Å². The topological polar surface area (TPSA) is 63.1 Å². The number of amides is 1. The highest BCUT2D eigenvalue weighted by Crippen LogP contribution is 2.23. The molecule has 5 nitrogen and oxygen atoms in total. The SMILES string of the molecule is O=C(Nc1cc(Cl)c(=O)n(CCF)c1)C1CC(Cl)C(Cl)N1. The molecule has 116 valence electrons. The molecule has 21 heavy (non-hydrogen) atoms. The third kappa shape index (κ3) is 3.88. The van der Waals surface area contributed by atoms with Crippen LogP contribution < -0.4 is 16.2 Å². The van der Waals surface area contributed by atoms with Crippen LogP contribution in [0.4, 0.5) is 10.1 Å². The zero-order valence-electron chi connectivity index (χ0n) is 10.8. The van der Waals surface area contributed by atoms with Crippen molar-refractivity contribution in [3.05, 3.63) is 27.6 Å². The number of anilines is 1. The number of hydrogen-bond acceptors (Lipinski definition) is 3. The highest BCUT2D eigenvalue weighted by Gasteiger charge is 2.35. The van der Waals surface area contributed by atoms with Gasteiger partial charge < -0.3 is 9.88 Å². The van der Waals surface area contributed by atoms with E-state index in [1.165, 1.54) is 12.3 Å². The van der Waals surface area contributed by atoms with Crippen LogP contribution in [0.1, 0.15) is 6.42 Å². The summed E-state index contributed by atoms with van der Waals surface area (Å²) in [5, 5.41) is 5.02. The van der Waals surface area contributed by atoms with Gasteiger partial charge in [-0.15, -0.1) is 23.2 Å². The average molecular weight is 357 g/mol. The predicted molar refractivity (Wildman–Crippen MR) is 81.1 cm³/mol. The number of pyridine rings is 1.